The SMILES string of the molecule is c1ccc(-c2cc(-c3ccccc3)c3c([o+]2)CCC3)cc1. The summed E-state index contributed by atoms with van der Waals surface area (Å²) in [4.78, 5) is 0. The van der Waals surface area contributed by atoms with Crippen molar-refractivity contribution in [2.75, 3.05) is 0 Å². The van der Waals surface area contributed by atoms with Crippen molar-refractivity contribution in [3.8, 4) is 22.5 Å². The van der Waals surface area contributed by atoms with Gasteiger partial charge in [0.25, 0.3) is 0 Å². The summed E-state index contributed by atoms with van der Waals surface area (Å²) >= 11 is 0. The zero-order chi connectivity index (χ0) is 14.1. The second-order valence-corrected chi connectivity index (χ2v) is 5.51. The van der Waals surface area contributed by atoms with Crippen molar-refractivity contribution in [3.05, 3.63) is 78.1 Å². The highest BCUT2D eigenvalue weighted by Crippen LogP contribution is 2.36. The lowest BCUT2D eigenvalue weighted by atomic mass is 9.98. The lowest BCUT2D eigenvalue weighted by Crippen LogP contribution is -1.91. The largest absolute Gasteiger partial charge is 0.360 e. The first-order valence-corrected chi connectivity index (χ1v) is 7.51. The van der Waals surface area contributed by atoms with Crippen LogP contribution in [0.1, 0.15) is 17.7 Å². The van der Waals surface area contributed by atoms with Crippen molar-refractivity contribution >= 4 is 0 Å². The van der Waals surface area contributed by atoms with Crippen molar-refractivity contribution in [2.45, 2.75) is 19.3 Å². The molecule has 0 spiro atoms. The van der Waals surface area contributed by atoms with Crippen LogP contribution in [0, 0.1) is 0 Å². The van der Waals surface area contributed by atoms with E-state index in [4.69, 9.17) is 4.42 Å². The zero-order valence-electron chi connectivity index (χ0n) is 11.9. The van der Waals surface area contributed by atoms with Gasteiger partial charge in [-0.3, -0.25) is 0 Å². The molecule has 4 rings (SSSR count). The normalized spacial score (nSPS) is 13.1. The van der Waals surface area contributed by atoms with Gasteiger partial charge in [0.05, 0.1) is 23.6 Å². The first-order chi connectivity index (χ1) is 10.4. The van der Waals surface area contributed by atoms with Gasteiger partial charge < -0.3 is 0 Å². The maximum atomic E-state index is 6.17. The molecule has 3 aromatic rings. The number of hydrogen-bond acceptors (Lipinski definition) is 0. The zero-order valence-corrected chi connectivity index (χ0v) is 11.9. The standard InChI is InChI=1S/C20H17O/c1-3-8-15(9-4-1)18-14-20(16-10-5-2-6-11-16)21-19-13-7-12-17(18)19/h1-6,8-11,14H,7,12-13H2/q+1. The second-order valence-electron chi connectivity index (χ2n) is 5.51. The lowest BCUT2D eigenvalue weighted by Gasteiger charge is -2.04. The minimum absolute atomic E-state index is 0.968. The molecule has 2 aromatic carbocycles. The third kappa shape index (κ3) is 2.25. The van der Waals surface area contributed by atoms with Crippen LogP contribution in [0.15, 0.2) is 71.1 Å². The molecule has 102 valence electrons. The second kappa shape index (κ2) is 5.17. The molecule has 0 saturated heterocycles. The Hall–Kier alpha value is -2.41. The van der Waals surface area contributed by atoms with Gasteiger partial charge in [-0.25, -0.2) is 4.42 Å². The van der Waals surface area contributed by atoms with Gasteiger partial charge in [-0.2, -0.15) is 0 Å². The van der Waals surface area contributed by atoms with Crippen LogP contribution in [0.25, 0.3) is 22.5 Å². The summed E-state index contributed by atoms with van der Waals surface area (Å²) in [6.45, 7) is 0. The molecular formula is C20H17O+. The minimum atomic E-state index is 0.968. The lowest BCUT2D eigenvalue weighted by molar-refractivity contribution is 0.515. The van der Waals surface area contributed by atoms with Crippen LogP contribution in [0.2, 0.25) is 0 Å². The maximum absolute atomic E-state index is 6.17. The molecule has 1 heteroatoms. The highest BCUT2D eigenvalue weighted by Gasteiger charge is 2.29. The van der Waals surface area contributed by atoms with Gasteiger partial charge in [0.1, 0.15) is 0 Å². The van der Waals surface area contributed by atoms with E-state index in [1.54, 1.807) is 0 Å². The quantitative estimate of drug-likeness (QED) is 0.570. The fraction of sp³-hybridized carbons (Fsp3) is 0.150. The van der Waals surface area contributed by atoms with Crippen LogP contribution < -0.4 is 0 Å². The predicted molar refractivity (Wildman–Crippen MR) is 86.0 cm³/mol. The van der Waals surface area contributed by atoms with Gasteiger partial charge in [-0.15, -0.1) is 0 Å². The first-order valence-electron chi connectivity index (χ1n) is 7.51. The Morgan fingerprint density at radius 1 is 0.714 bits per heavy atom. The van der Waals surface area contributed by atoms with Gasteiger partial charge in [-0.1, -0.05) is 48.5 Å². The van der Waals surface area contributed by atoms with E-state index < -0.39 is 0 Å². The summed E-state index contributed by atoms with van der Waals surface area (Å²) in [5.41, 5.74) is 5.14. The van der Waals surface area contributed by atoms with Gasteiger partial charge in [-0.05, 0) is 30.5 Å². The summed E-state index contributed by atoms with van der Waals surface area (Å²) in [6, 6.07) is 23.2. The molecular weight excluding hydrogens is 256 g/mol. The summed E-state index contributed by atoms with van der Waals surface area (Å²) in [5, 5.41) is 0. The Labute approximate surface area is 124 Å². The first kappa shape index (κ1) is 12.3. The van der Waals surface area contributed by atoms with Crippen LogP contribution in [0.3, 0.4) is 0 Å². The van der Waals surface area contributed by atoms with Crippen molar-refractivity contribution < 1.29 is 4.42 Å². The highest BCUT2D eigenvalue weighted by molar-refractivity contribution is 5.73. The van der Waals surface area contributed by atoms with E-state index in [9.17, 15) is 0 Å². The molecule has 0 N–H and O–H groups in total. The van der Waals surface area contributed by atoms with Crippen molar-refractivity contribution in [1.82, 2.24) is 0 Å². The fourth-order valence-corrected chi connectivity index (χ4v) is 3.11. The topological polar surface area (TPSA) is 11.3 Å². The number of hydrogen-bond donors (Lipinski definition) is 0. The molecule has 0 aliphatic heterocycles. The average molecular weight is 273 g/mol. The Balaban J connectivity index is 1.92. The summed E-state index contributed by atoms with van der Waals surface area (Å²) in [5.74, 6) is 2.13. The van der Waals surface area contributed by atoms with E-state index in [1.165, 1.54) is 23.1 Å². The molecule has 0 saturated carbocycles. The van der Waals surface area contributed by atoms with Gasteiger partial charge >= 0.3 is 11.5 Å². The summed E-state index contributed by atoms with van der Waals surface area (Å²) in [6.07, 6.45) is 3.37. The van der Waals surface area contributed by atoms with Crippen LogP contribution >= 0.6 is 0 Å². The number of aryl methyl sites for hydroxylation is 1. The van der Waals surface area contributed by atoms with Gasteiger partial charge in [0.2, 0.25) is 0 Å². The third-order valence-electron chi connectivity index (χ3n) is 4.14. The van der Waals surface area contributed by atoms with Gasteiger partial charge in [0, 0.05) is 5.56 Å². The Bertz CT molecular complexity index is 761. The van der Waals surface area contributed by atoms with E-state index in [2.05, 4.69) is 60.7 Å². The summed E-state index contributed by atoms with van der Waals surface area (Å²) < 4.78 is 6.17. The molecule has 1 aliphatic carbocycles. The number of fused-ring (bicyclic) bond motifs is 1. The fourth-order valence-electron chi connectivity index (χ4n) is 3.11. The summed E-state index contributed by atoms with van der Waals surface area (Å²) in [7, 11) is 0. The van der Waals surface area contributed by atoms with E-state index in [1.807, 2.05) is 6.07 Å². The monoisotopic (exact) mass is 273 g/mol. The number of benzene rings is 2. The Morgan fingerprint density at radius 3 is 2.10 bits per heavy atom. The molecule has 0 amide bonds. The molecule has 0 radical (unpaired) electrons. The average Bonchev–Trinajstić information content (AvgIpc) is 3.04. The van der Waals surface area contributed by atoms with Crippen LogP contribution in [-0.4, -0.2) is 0 Å². The van der Waals surface area contributed by atoms with Crippen LogP contribution in [0.4, 0.5) is 0 Å². The predicted octanol–water partition coefficient (Wildman–Crippen LogP) is 5.38. The molecule has 0 unspecified atom stereocenters. The molecule has 1 nitrogen and oxygen atoms in total. The Kier molecular flexibility index (Phi) is 3.04. The smallest absolute Gasteiger partial charge is 0.212 e. The minimum Gasteiger partial charge on any atom is -0.212 e. The molecule has 1 aromatic heterocycles. The van der Waals surface area contributed by atoms with Crippen molar-refractivity contribution in [2.24, 2.45) is 0 Å². The number of rotatable bonds is 2. The molecule has 1 heterocycles. The maximum Gasteiger partial charge on any atom is 0.360 e. The van der Waals surface area contributed by atoms with Gasteiger partial charge in [0.15, 0.2) is 0 Å². The highest BCUT2D eigenvalue weighted by atomic mass is 16.3. The molecule has 1 aliphatic rings. The van der Waals surface area contributed by atoms with Crippen LogP contribution in [-0.2, 0) is 12.8 Å². The van der Waals surface area contributed by atoms with Crippen molar-refractivity contribution in [3.63, 3.8) is 0 Å². The molecule has 0 fully saturated rings. The molecule has 0 atom stereocenters. The van der Waals surface area contributed by atoms with E-state index in [-0.39, 0.29) is 0 Å². The van der Waals surface area contributed by atoms with Crippen molar-refractivity contribution in [1.29, 1.82) is 0 Å². The molecule has 21 heavy (non-hydrogen) atoms. The third-order valence-corrected chi connectivity index (χ3v) is 4.14. The van der Waals surface area contributed by atoms with E-state index in [0.717, 1.165) is 29.9 Å². The Morgan fingerprint density at radius 2 is 1.38 bits per heavy atom. The van der Waals surface area contributed by atoms with E-state index in [0.29, 0.717) is 0 Å². The van der Waals surface area contributed by atoms with E-state index >= 15 is 0 Å². The van der Waals surface area contributed by atoms with Crippen LogP contribution in [0.5, 0.6) is 0 Å². The molecule has 0 bridgehead atoms.